The first-order chi connectivity index (χ1) is 10.8. The summed E-state index contributed by atoms with van der Waals surface area (Å²) in [6, 6.07) is 3.60. The van der Waals surface area contributed by atoms with Gasteiger partial charge in [-0.05, 0) is 19.1 Å². The Morgan fingerprint density at radius 3 is 2.87 bits per heavy atom. The Balaban J connectivity index is 1.63. The molecule has 2 aliphatic rings. The maximum Gasteiger partial charge on any atom is 0.255 e. The van der Waals surface area contributed by atoms with Crippen LogP contribution in [0.2, 0.25) is 0 Å². The van der Waals surface area contributed by atoms with E-state index in [1.807, 2.05) is 13.0 Å². The van der Waals surface area contributed by atoms with E-state index in [2.05, 4.69) is 9.71 Å². The standard InChI is InChI=1S/C15H21N3O4S/c1-10-3-4-11(5-16-10)15(19)18-7-13-12(6-17-23(2,20)21)9-22-14(13)8-18/h3-5,12-14,17H,6-9H2,1-2H3/t12-,13-,14-/m1/s1. The summed E-state index contributed by atoms with van der Waals surface area (Å²) in [6.45, 7) is 3.90. The summed E-state index contributed by atoms with van der Waals surface area (Å²) >= 11 is 0. The molecule has 0 saturated carbocycles. The van der Waals surface area contributed by atoms with Crippen LogP contribution in [0.3, 0.4) is 0 Å². The van der Waals surface area contributed by atoms with Crippen molar-refractivity contribution < 1.29 is 17.9 Å². The van der Waals surface area contributed by atoms with Gasteiger partial charge in [0.15, 0.2) is 0 Å². The molecule has 0 spiro atoms. The summed E-state index contributed by atoms with van der Waals surface area (Å²) in [5.74, 6) is 0.223. The first-order valence-electron chi connectivity index (χ1n) is 7.61. The van der Waals surface area contributed by atoms with E-state index in [1.165, 1.54) is 0 Å². The summed E-state index contributed by atoms with van der Waals surface area (Å²) in [7, 11) is -3.21. The van der Waals surface area contributed by atoms with Gasteiger partial charge in [0.25, 0.3) is 5.91 Å². The van der Waals surface area contributed by atoms with E-state index in [9.17, 15) is 13.2 Å². The van der Waals surface area contributed by atoms with E-state index in [4.69, 9.17) is 4.74 Å². The predicted octanol–water partition coefficient (Wildman–Crippen LogP) is 0.0262. The number of carbonyl (C=O) groups excluding carboxylic acids is 1. The molecule has 2 aliphatic heterocycles. The third-order valence-corrected chi connectivity index (χ3v) is 5.18. The van der Waals surface area contributed by atoms with Crippen molar-refractivity contribution in [2.75, 3.05) is 32.5 Å². The monoisotopic (exact) mass is 339 g/mol. The number of fused-ring (bicyclic) bond motifs is 1. The van der Waals surface area contributed by atoms with Crippen LogP contribution >= 0.6 is 0 Å². The molecule has 8 heteroatoms. The summed E-state index contributed by atoms with van der Waals surface area (Å²) < 4.78 is 30.8. The molecule has 0 bridgehead atoms. The van der Waals surface area contributed by atoms with Crippen LogP contribution in [0.25, 0.3) is 0 Å². The molecule has 0 unspecified atom stereocenters. The van der Waals surface area contributed by atoms with Crippen LogP contribution in [0.1, 0.15) is 16.1 Å². The van der Waals surface area contributed by atoms with Gasteiger partial charge in [0, 0.05) is 43.4 Å². The van der Waals surface area contributed by atoms with Gasteiger partial charge in [0.1, 0.15) is 0 Å². The van der Waals surface area contributed by atoms with Crippen molar-refractivity contribution in [1.82, 2.24) is 14.6 Å². The normalized spacial score (nSPS) is 27.2. The average Bonchev–Trinajstić information content (AvgIpc) is 3.05. The number of carbonyl (C=O) groups is 1. The van der Waals surface area contributed by atoms with E-state index in [-0.39, 0.29) is 23.8 Å². The smallest absolute Gasteiger partial charge is 0.255 e. The fraction of sp³-hybridized carbons (Fsp3) is 0.600. The Labute approximate surface area is 136 Å². The first-order valence-corrected chi connectivity index (χ1v) is 9.51. The van der Waals surface area contributed by atoms with Crippen LogP contribution in [-0.2, 0) is 14.8 Å². The molecule has 3 atom stereocenters. The quantitative estimate of drug-likeness (QED) is 0.836. The maximum absolute atomic E-state index is 12.5. The Bertz CT molecular complexity index is 689. The number of hydrogen-bond acceptors (Lipinski definition) is 5. The molecule has 0 aliphatic carbocycles. The predicted molar refractivity (Wildman–Crippen MR) is 84.4 cm³/mol. The van der Waals surface area contributed by atoms with E-state index in [0.717, 1.165) is 11.9 Å². The summed E-state index contributed by atoms with van der Waals surface area (Å²) in [5, 5.41) is 0. The number of amides is 1. The van der Waals surface area contributed by atoms with Crippen LogP contribution in [-0.4, -0.2) is 62.8 Å². The highest BCUT2D eigenvalue weighted by atomic mass is 32.2. The van der Waals surface area contributed by atoms with Gasteiger partial charge in [-0.1, -0.05) is 0 Å². The second-order valence-electron chi connectivity index (χ2n) is 6.31. The highest BCUT2D eigenvalue weighted by Crippen LogP contribution is 2.34. The lowest BCUT2D eigenvalue weighted by atomic mass is 9.93. The van der Waals surface area contributed by atoms with E-state index < -0.39 is 10.0 Å². The number of nitrogens with zero attached hydrogens (tertiary/aromatic N) is 2. The molecule has 0 aromatic carbocycles. The van der Waals surface area contributed by atoms with Crippen LogP contribution in [0.5, 0.6) is 0 Å². The van der Waals surface area contributed by atoms with Gasteiger partial charge in [-0.2, -0.15) is 0 Å². The van der Waals surface area contributed by atoms with Crippen molar-refractivity contribution in [2.45, 2.75) is 13.0 Å². The fourth-order valence-electron chi connectivity index (χ4n) is 3.21. The molecule has 3 rings (SSSR count). The van der Waals surface area contributed by atoms with Gasteiger partial charge in [0.2, 0.25) is 10.0 Å². The van der Waals surface area contributed by atoms with Gasteiger partial charge in [-0.15, -0.1) is 0 Å². The molecule has 7 nitrogen and oxygen atoms in total. The van der Waals surface area contributed by atoms with Gasteiger partial charge in [-0.3, -0.25) is 9.78 Å². The largest absolute Gasteiger partial charge is 0.376 e. The molecule has 23 heavy (non-hydrogen) atoms. The Kier molecular flexibility index (Phi) is 4.39. The number of rotatable bonds is 4. The van der Waals surface area contributed by atoms with Crippen LogP contribution in [0.4, 0.5) is 0 Å². The number of likely N-dealkylation sites (tertiary alicyclic amines) is 1. The number of aryl methyl sites for hydroxylation is 1. The van der Waals surface area contributed by atoms with Crippen molar-refractivity contribution >= 4 is 15.9 Å². The Hall–Kier alpha value is -1.51. The lowest BCUT2D eigenvalue weighted by molar-refractivity contribution is 0.0678. The highest BCUT2D eigenvalue weighted by Gasteiger charge is 2.45. The number of sulfonamides is 1. The lowest BCUT2D eigenvalue weighted by Crippen LogP contribution is -2.35. The second-order valence-corrected chi connectivity index (χ2v) is 8.15. The minimum atomic E-state index is -3.21. The number of nitrogens with one attached hydrogen (secondary N) is 1. The summed E-state index contributed by atoms with van der Waals surface area (Å²) in [6.07, 6.45) is 2.73. The van der Waals surface area contributed by atoms with Gasteiger partial charge < -0.3 is 9.64 Å². The number of pyridine rings is 1. The molecule has 1 aromatic heterocycles. The topological polar surface area (TPSA) is 88.6 Å². The van der Waals surface area contributed by atoms with Gasteiger partial charge >= 0.3 is 0 Å². The molecule has 2 fully saturated rings. The van der Waals surface area contributed by atoms with E-state index in [1.54, 1.807) is 17.2 Å². The fourth-order valence-corrected chi connectivity index (χ4v) is 3.73. The number of hydrogen-bond donors (Lipinski definition) is 1. The zero-order valence-corrected chi connectivity index (χ0v) is 14.0. The van der Waals surface area contributed by atoms with E-state index >= 15 is 0 Å². The van der Waals surface area contributed by atoms with Crippen molar-refractivity contribution in [3.05, 3.63) is 29.6 Å². The maximum atomic E-state index is 12.5. The molecule has 1 N–H and O–H groups in total. The zero-order valence-electron chi connectivity index (χ0n) is 13.2. The molecule has 2 saturated heterocycles. The lowest BCUT2D eigenvalue weighted by Gasteiger charge is -2.20. The number of aromatic nitrogens is 1. The van der Waals surface area contributed by atoms with Crippen molar-refractivity contribution in [3.63, 3.8) is 0 Å². The molecular weight excluding hydrogens is 318 g/mol. The average molecular weight is 339 g/mol. The van der Waals surface area contributed by atoms with Crippen molar-refractivity contribution in [2.24, 2.45) is 11.8 Å². The minimum absolute atomic E-state index is 0.0104. The molecule has 0 radical (unpaired) electrons. The van der Waals surface area contributed by atoms with Crippen LogP contribution in [0, 0.1) is 18.8 Å². The van der Waals surface area contributed by atoms with E-state index in [0.29, 0.717) is 31.8 Å². The highest BCUT2D eigenvalue weighted by molar-refractivity contribution is 7.88. The molecule has 126 valence electrons. The third-order valence-electron chi connectivity index (χ3n) is 4.49. The Morgan fingerprint density at radius 2 is 2.22 bits per heavy atom. The van der Waals surface area contributed by atoms with Crippen molar-refractivity contribution in [1.29, 1.82) is 0 Å². The van der Waals surface area contributed by atoms with Crippen LogP contribution in [0.15, 0.2) is 18.3 Å². The third kappa shape index (κ3) is 3.70. The molecule has 3 heterocycles. The molecule has 1 aromatic rings. The number of ether oxygens (including phenoxy) is 1. The summed E-state index contributed by atoms with van der Waals surface area (Å²) in [5.41, 5.74) is 1.44. The minimum Gasteiger partial charge on any atom is -0.376 e. The second kappa shape index (κ2) is 6.18. The molecular formula is C15H21N3O4S. The van der Waals surface area contributed by atoms with Crippen molar-refractivity contribution in [3.8, 4) is 0 Å². The van der Waals surface area contributed by atoms with Gasteiger partial charge in [-0.25, -0.2) is 13.1 Å². The summed E-state index contributed by atoms with van der Waals surface area (Å²) in [4.78, 5) is 18.5. The van der Waals surface area contributed by atoms with Gasteiger partial charge in [0.05, 0.1) is 24.5 Å². The zero-order chi connectivity index (χ0) is 16.6. The first kappa shape index (κ1) is 16.4. The molecule has 1 amide bonds. The SMILES string of the molecule is Cc1ccc(C(=O)N2C[C@@H]3[C@H](CNS(C)(=O)=O)CO[C@@H]3C2)cn1. The Morgan fingerprint density at radius 1 is 1.43 bits per heavy atom. The van der Waals surface area contributed by atoms with Crippen LogP contribution < -0.4 is 4.72 Å².